The maximum Gasteiger partial charge on any atom is 0.343 e. The quantitative estimate of drug-likeness (QED) is 0.213. The Balaban J connectivity index is 1.38. The van der Waals surface area contributed by atoms with Gasteiger partial charge in [0, 0.05) is 12.1 Å². The van der Waals surface area contributed by atoms with E-state index in [-0.39, 0.29) is 17.6 Å². The molecule has 176 valence electrons. The second-order valence-electron chi connectivity index (χ2n) is 7.25. The predicted octanol–water partition coefficient (Wildman–Crippen LogP) is 4.77. The van der Waals surface area contributed by atoms with Gasteiger partial charge in [0.2, 0.25) is 0 Å². The molecule has 35 heavy (non-hydrogen) atoms. The number of carbonyl (C=O) groups excluding carboxylic acids is 1. The van der Waals surface area contributed by atoms with E-state index < -0.39 is 11.0 Å². The summed E-state index contributed by atoms with van der Waals surface area (Å²) in [5, 5.41) is 25.0. The van der Waals surface area contributed by atoms with E-state index in [1.165, 1.54) is 24.3 Å². The van der Waals surface area contributed by atoms with Crippen LogP contribution in [-0.4, -0.2) is 26.9 Å². The fraction of sp³-hybridized carbons (Fsp3) is 0.0833. The molecular formula is C24H20N6O5. The van der Waals surface area contributed by atoms with Crippen LogP contribution < -0.4 is 15.5 Å². The standard InChI is InChI=1S/C24H20N6O5/c1-16(18-11-13-19(14-12-18)30(32)33)26-28-23(31)25-24-29-27-22(35-24)20-9-5-6-10-21(20)34-15-17-7-3-2-4-8-17/h2-14H,15H2,1H3,(H2,25,28,29,31)/b26-16+. The number of para-hydroxylation sites is 1. The highest BCUT2D eigenvalue weighted by atomic mass is 16.6. The van der Waals surface area contributed by atoms with Gasteiger partial charge in [-0.15, -0.1) is 5.10 Å². The van der Waals surface area contributed by atoms with E-state index in [2.05, 4.69) is 26.0 Å². The topological polar surface area (TPSA) is 145 Å². The molecule has 1 aromatic heterocycles. The van der Waals surface area contributed by atoms with Crippen LogP contribution in [0.25, 0.3) is 11.5 Å². The van der Waals surface area contributed by atoms with Crippen molar-refractivity contribution in [3.8, 4) is 17.2 Å². The lowest BCUT2D eigenvalue weighted by Gasteiger charge is -2.09. The molecule has 0 atom stereocenters. The van der Waals surface area contributed by atoms with Crippen LogP contribution in [0.2, 0.25) is 0 Å². The highest BCUT2D eigenvalue weighted by Gasteiger charge is 2.15. The van der Waals surface area contributed by atoms with Crippen molar-refractivity contribution < 1.29 is 18.9 Å². The lowest BCUT2D eigenvalue weighted by atomic mass is 10.1. The van der Waals surface area contributed by atoms with Crippen molar-refractivity contribution in [2.24, 2.45) is 5.10 Å². The minimum Gasteiger partial charge on any atom is -0.488 e. The van der Waals surface area contributed by atoms with Crippen molar-refractivity contribution in [2.75, 3.05) is 5.32 Å². The maximum atomic E-state index is 12.2. The molecule has 2 amide bonds. The van der Waals surface area contributed by atoms with Gasteiger partial charge in [0.25, 0.3) is 11.6 Å². The molecule has 0 radical (unpaired) electrons. The summed E-state index contributed by atoms with van der Waals surface area (Å²) in [7, 11) is 0. The number of ether oxygens (including phenoxy) is 1. The summed E-state index contributed by atoms with van der Waals surface area (Å²) < 4.78 is 11.5. The molecule has 11 heteroatoms. The van der Waals surface area contributed by atoms with Crippen molar-refractivity contribution in [3.63, 3.8) is 0 Å². The van der Waals surface area contributed by atoms with Crippen LogP contribution in [0.1, 0.15) is 18.1 Å². The lowest BCUT2D eigenvalue weighted by Crippen LogP contribution is -2.25. The molecule has 11 nitrogen and oxygen atoms in total. The number of aromatic nitrogens is 2. The van der Waals surface area contributed by atoms with Crippen LogP contribution in [0.15, 0.2) is 88.4 Å². The van der Waals surface area contributed by atoms with E-state index in [4.69, 9.17) is 9.15 Å². The Labute approximate surface area is 199 Å². The summed E-state index contributed by atoms with van der Waals surface area (Å²) in [6.45, 7) is 2.02. The first-order valence-corrected chi connectivity index (χ1v) is 10.5. The van der Waals surface area contributed by atoms with Crippen LogP contribution in [0.4, 0.5) is 16.5 Å². The van der Waals surface area contributed by atoms with E-state index in [0.717, 1.165) is 5.56 Å². The number of rotatable bonds is 8. The molecule has 0 spiro atoms. The van der Waals surface area contributed by atoms with Gasteiger partial charge in [-0.05, 0) is 42.3 Å². The number of anilines is 1. The zero-order valence-corrected chi connectivity index (χ0v) is 18.5. The first-order valence-electron chi connectivity index (χ1n) is 10.5. The number of nitrogens with one attached hydrogen (secondary N) is 2. The normalized spacial score (nSPS) is 11.1. The van der Waals surface area contributed by atoms with Crippen molar-refractivity contribution in [1.29, 1.82) is 0 Å². The summed E-state index contributed by atoms with van der Waals surface area (Å²) >= 11 is 0. The van der Waals surface area contributed by atoms with Crippen LogP contribution in [-0.2, 0) is 6.61 Å². The molecule has 0 saturated carbocycles. The largest absolute Gasteiger partial charge is 0.488 e. The van der Waals surface area contributed by atoms with Gasteiger partial charge < -0.3 is 9.15 Å². The van der Waals surface area contributed by atoms with Gasteiger partial charge in [0.05, 0.1) is 16.2 Å². The van der Waals surface area contributed by atoms with Crippen molar-refractivity contribution in [3.05, 3.63) is 100 Å². The molecule has 1 heterocycles. The first-order chi connectivity index (χ1) is 17.0. The molecule has 0 bridgehead atoms. The summed E-state index contributed by atoms with van der Waals surface area (Å²) in [4.78, 5) is 22.5. The average molecular weight is 472 g/mol. The Kier molecular flexibility index (Phi) is 7.07. The number of amides is 2. The second-order valence-corrected chi connectivity index (χ2v) is 7.25. The van der Waals surface area contributed by atoms with Gasteiger partial charge in [0.15, 0.2) is 0 Å². The van der Waals surface area contributed by atoms with Crippen LogP contribution >= 0.6 is 0 Å². The van der Waals surface area contributed by atoms with Crippen molar-refractivity contribution >= 4 is 23.4 Å². The summed E-state index contributed by atoms with van der Waals surface area (Å²) in [5.41, 5.74) is 4.94. The fourth-order valence-corrected chi connectivity index (χ4v) is 3.04. The molecular weight excluding hydrogens is 452 g/mol. The molecule has 0 fully saturated rings. The molecule has 4 rings (SSSR count). The zero-order chi connectivity index (χ0) is 24.6. The van der Waals surface area contributed by atoms with Gasteiger partial charge in [-0.3, -0.25) is 15.4 Å². The molecule has 0 unspecified atom stereocenters. The summed E-state index contributed by atoms with van der Waals surface area (Å²) in [5.74, 6) is 0.730. The molecule has 0 aliphatic rings. The number of urea groups is 1. The van der Waals surface area contributed by atoms with E-state index in [0.29, 0.717) is 29.2 Å². The van der Waals surface area contributed by atoms with E-state index in [1.54, 1.807) is 19.1 Å². The number of nitro groups is 1. The highest BCUT2D eigenvalue weighted by molar-refractivity contribution is 5.99. The monoisotopic (exact) mass is 472 g/mol. The number of nitrogens with zero attached hydrogens (tertiary/aromatic N) is 4. The minimum absolute atomic E-state index is 0.0357. The molecule has 4 aromatic rings. The van der Waals surface area contributed by atoms with Gasteiger partial charge in [-0.25, -0.2) is 10.2 Å². The van der Waals surface area contributed by atoms with Crippen LogP contribution in [0.3, 0.4) is 0 Å². The van der Waals surface area contributed by atoms with Crippen molar-refractivity contribution in [2.45, 2.75) is 13.5 Å². The summed E-state index contributed by atoms with van der Waals surface area (Å²) in [6, 6.07) is 21.9. The molecule has 3 aromatic carbocycles. The Hall–Kier alpha value is -5.06. The number of benzene rings is 3. The fourth-order valence-electron chi connectivity index (χ4n) is 3.04. The van der Waals surface area contributed by atoms with Gasteiger partial charge in [-0.1, -0.05) is 47.6 Å². The zero-order valence-electron chi connectivity index (χ0n) is 18.5. The number of hydrazone groups is 1. The van der Waals surface area contributed by atoms with E-state index >= 15 is 0 Å². The van der Waals surface area contributed by atoms with E-state index in [1.807, 2.05) is 42.5 Å². The third-order valence-corrected chi connectivity index (χ3v) is 4.82. The smallest absolute Gasteiger partial charge is 0.343 e. The lowest BCUT2D eigenvalue weighted by molar-refractivity contribution is -0.384. The van der Waals surface area contributed by atoms with Gasteiger partial charge in [-0.2, -0.15) is 5.10 Å². The third kappa shape index (κ3) is 6.05. The number of nitro benzene ring substituents is 1. The molecule has 0 saturated heterocycles. The molecule has 2 N–H and O–H groups in total. The number of non-ortho nitro benzene ring substituents is 1. The predicted molar refractivity (Wildman–Crippen MR) is 128 cm³/mol. The SMILES string of the molecule is C/C(=N\NC(=O)Nc1nnc(-c2ccccc2OCc2ccccc2)o1)c1ccc([N+](=O)[O-])cc1. The van der Waals surface area contributed by atoms with Crippen molar-refractivity contribution in [1.82, 2.24) is 15.6 Å². The Morgan fingerprint density at radius 1 is 1.03 bits per heavy atom. The minimum atomic E-state index is -0.699. The van der Waals surface area contributed by atoms with Crippen LogP contribution in [0, 0.1) is 10.1 Å². The Bertz CT molecular complexity index is 1350. The number of hydrogen-bond acceptors (Lipinski definition) is 8. The van der Waals surface area contributed by atoms with Crippen LogP contribution in [0.5, 0.6) is 5.75 Å². The maximum absolute atomic E-state index is 12.2. The Morgan fingerprint density at radius 2 is 1.74 bits per heavy atom. The molecule has 0 aliphatic carbocycles. The number of carbonyl (C=O) groups is 1. The highest BCUT2D eigenvalue weighted by Crippen LogP contribution is 2.30. The van der Waals surface area contributed by atoms with Gasteiger partial charge >= 0.3 is 12.0 Å². The van der Waals surface area contributed by atoms with E-state index in [9.17, 15) is 14.9 Å². The average Bonchev–Trinajstić information content (AvgIpc) is 3.35. The Morgan fingerprint density at radius 3 is 2.49 bits per heavy atom. The first kappa shape index (κ1) is 23.1. The third-order valence-electron chi connectivity index (χ3n) is 4.82. The summed E-state index contributed by atoms with van der Waals surface area (Å²) in [6.07, 6.45) is 0. The molecule has 0 aliphatic heterocycles. The van der Waals surface area contributed by atoms with Gasteiger partial charge in [0.1, 0.15) is 12.4 Å². The second kappa shape index (κ2) is 10.7. The number of hydrogen-bond donors (Lipinski definition) is 2.